The van der Waals surface area contributed by atoms with E-state index in [9.17, 15) is 9.90 Å². The number of nitrogens with one attached hydrogen (secondary N) is 1. The van der Waals surface area contributed by atoms with E-state index in [2.05, 4.69) is 10.3 Å². The zero-order valence-corrected chi connectivity index (χ0v) is 12.3. The van der Waals surface area contributed by atoms with Crippen molar-refractivity contribution >= 4 is 28.5 Å². The zero-order chi connectivity index (χ0) is 15.0. The first-order chi connectivity index (χ1) is 10.1. The van der Waals surface area contributed by atoms with E-state index < -0.39 is 6.10 Å². The van der Waals surface area contributed by atoms with E-state index in [4.69, 9.17) is 16.3 Å². The molecule has 6 nitrogen and oxygen atoms in total. The number of pyridine rings is 1. The van der Waals surface area contributed by atoms with Crippen molar-refractivity contribution in [2.75, 3.05) is 13.2 Å². The fourth-order valence-electron chi connectivity index (χ4n) is 2.59. The predicted octanol–water partition coefficient (Wildman–Crippen LogP) is 1.11. The number of aliphatic hydroxyl groups is 1. The van der Waals surface area contributed by atoms with E-state index in [1.807, 2.05) is 7.05 Å². The van der Waals surface area contributed by atoms with E-state index >= 15 is 0 Å². The monoisotopic (exact) mass is 309 g/mol. The Labute approximate surface area is 126 Å². The third-order valence-corrected chi connectivity index (χ3v) is 4.00. The number of hydrogen-bond donors (Lipinski definition) is 2. The molecule has 1 saturated heterocycles. The minimum atomic E-state index is -0.686. The fraction of sp³-hybridized carbons (Fsp3) is 0.429. The summed E-state index contributed by atoms with van der Waals surface area (Å²) in [5.74, 6) is -0.263. The van der Waals surface area contributed by atoms with Gasteiger partial charge in [0.2, 0.25) is 0 Å². The van der Waals surface area contributed by atoms with Crippen molar-refractivity contribution < 1.29 is 14.6 Å². The maximum atomic E-state index is 12.4. The Morgan fingerprint density at radius 2 is 2.43 bits per heavy atom. The molecular formula is C14H16ClN3O3. The molecule has 0 aliphatic carbocycles. The first-order valence-corrected chi connectivity index (χ1v) is 7.12. The summed E-state index contributed by atoms with van der Waals surface area (Å²) in [5, 5.41) is 13.2. The number of aromatic nitrogens is 2. The quantitative estimate of drug-likeness (QED) is 0.871. The smallest absolute Gasteiger partial charge is 0.255 e. The van der Waals surface area contributed by atoms with E-state index in [1.165, 1.54) is 0 Å². The van der Waals surface area contributed by atoms with Gasteiger partial charge in [-0.1, -0.05) is 11.6 Å². The lowest BCUT2D eigenvalue weighted by Gasteiger charge is -2.28. The van der Waals surface area contributed by atoms with Gasteiger partial charge in [0.05, 0.1) is 34.9 Å². The average Bonchev–Trinajstić information content (AvgIpc) is 2.80. The van der Waals surface area contributed by atoms with E-state index in [0.717, 1.165) is 5.52 Å². The molecule has 0 radical (unpaired) electrons. The van der Waals surface area contributed by atoms with Gasteiger partial charge in [0.1, 0.15) is 5.52 Å². The molecule has 1 aliphatic heterocycles. The minimum absolute atomic E-state index is 0.241. The Morgan fingerprint density at radius 3 is 3.19 bits per heavy atom. The molecule has 2 atom stereocenters. The summed E-state index contributed by atoms with van der Waals surface area (Å²) < 4.78 is 6.93. The van der Waals surface area contributed by atoms with Crippen LogP contribution in [0.1, 0.15) is 16.8 Å². The predicted molar refractivity (Wildman–Crippen MR) is 78.4 cm³/mol. The molecule has 2 aromatic heterocycles. The summed E-state index contributed by atoms with van der Waals surface area (Å²) in [7, 11) is 1.82. The van der Waals surface area contributed by atoms with Crippen LogP contribution in [0.3, 0.4) is 0 Å². The standard InChI is InChI=1S/C14H16ClN3O3/c1-18-6-8(12-13(18)9(15)2-4-16-12)14(20)17-10-3-5-21-7-11(10)19/h2,4,6,10-11,19H,3,5,7H2,1H3,(H,17,20)/t10-,11-/m0/s1. The van der Waals surface area contributed by atoms with Crippen LogP contribution in [0.5, 0.6) is 0 Å². The summed E-state index contributed by atoms with van der Waals surface area (Å²) in [6.45, 7) is 0.770. The number of halogens is 1. The highest BCUT2D eigenvalue weighted by molar-refractivity contribution is 6.35. The summed E-state index contributed by atoms with van der Waals surface area (Å²) in [6.07, 6.45) is 3.18. The number of nitrogens with zero attached hydrogens (tertiary/aromatic N) is 2. The molecule has 2 aromatic rings. The lowest BCUT2D eigenvalue weighted by atomic mass is 10.1. The molecule has 112 valence electrons. The number of fused-ring (bicyclic) bond motifs is 1. The van der Waals surface area contributed by atoms with Gasteiger partial charge in [0.25, 0.3) is 5.91 Å². The lowest BCUT2D eigenvalue weighted by Crippen LogP contribution is -2.48. The highest BCUT2D eigenvalue weighted by Gasteiger charge is 2.27. The SMILES string of the molecule is Cn1cc(C(=O)N[C@H]2CCOC[C@@H]2O)c2nccc(Cl)c21. The van der Waals surface area contributed by atoms with Gasteiger partial charge in [-0.05, 0) is 12.5 Å². The lowest BCUT2D eigenvalue weighted by molar-refractivity contribution is -0.0260. The molecule has 3 rings (SSSR count). The van der Waals surface area contributed by atoms with Crippen molar-refractivity contribution in [1.29, 1.82) is 0 Å². The Kier molecular flexibility index (Phi) is 3.84. The number of aliphatic hydroxyl groups excluding tert-OH is 1. The Balaban J connectivity index is 1.90. The molecule has 0 saturated carbocycles. The number of amides is 1. The summed E-state index contributed by atoms with van der Waals surface area (Å²) >= 11 is 6.15. The van der Waals surface area contributed by atoms with Crippen LogP contribution in [-0.2, 0) is 11.8 Å². The summed E-state index contributed by atoms with van der Waals surface area (Å²) in [4.78, 5) is 16.7. The second-order valence-corrected chi connectivity index (χ2v) is 5.56. The Morgan fingerprint density at radius 1 is 1.62 bits per heavy atom. The van der Waals surface area contributed by atoms with Crippen molar-refractivity contribution in [3.05, 3.63) is 29.0 Å². The molecule has 2 N–H and O–H groups in total. The van der Waals surface area contributed by atoms with Gasteiger partial charge >= 0.3 is 0 Å². The van der Waals surface area contributed by atoms with Gasteiger partial charge in [-0.15, -0.1) is 0 Å². The molecule has 1 amide bonds. The number of rotatable bonds is 2. The first kappa shape index (κ1) is 14.3. The van der Waals surface area contributed by atoms with E-state index in [0.29, 0.717) is 29.1 Å². The number of hydrogen-bond acceptors (Lipinski definition) is 4. The number of aryl methyl sites for hydroxylation is 1. The van der Waals surface area contributed by atoms with Crippen LogP contribution in [0.25, 0.3) is 11.0 Å². The molecule has 21 heavy (non-hydrogen) atoms. The Bertz CT molecular complexity index is 685. The maximum absolute atomic E-state index is 12.4. The summed E-state index contributed by atoms with van der Waals surface area (Å²) in [6, 6.07) is 1.38. The van der Waals surface area contributed by atoms with Gasteiger partial charge in [-0.2, -0.15) is 0 Å². The maximum Gasteiger partial charge on any atom is 0.255 e. The highest BCUT2D eigenvalue weighted by atomic mass is 35.5. The number of carbonyl (C=O) groups is 1. The Hall–Kier alpha value is -1.63. The van der Waals surface area contributed by atoms with Crippen molar-refractivity contribution in [1.82, 2.24) is 14.9 Å². The summed E-state index contributed by atoms with van der Waals surface area (Å²) in [5.41, 5.74) is 1.73. The molecule has 7 heteroatoms. The third kappa shape index (κ3) is 2.62. The van der Waals surface area contributed by atoms with Crippen molar-refractivity contribution in [3.63, 3.8) is 0 Å². The normalized spacial score (nSPS) is 22.4. The first-order valence-electron chi connectivity index (χ1n) is 6.74. The van der Waals surface area contributed by atoms with Gasteiger partial charge in [-0.3, -0.25) is 9.78 Å². The van der Waals surface area contributed by atoms with Crippen molar-refractivity contribution in [3.8, 4) is 0 Å². The van der Waals surface area contributed by atoms with Crippen LogP contribution < -0.4 is 5.32 Å². The zero-order valence-electron chi connectivity index (χ0n) is 11.5. The van der Waals surface area contributed by atoms with Gasteiger partial charge in [-0.25, -0.2) is 0 Å². The molecule has 3 heterocycles. The van der Waals surface area contributed by atoms with Crippen LogP contribution in [0, 0.1) is 0 Å². The van der Waals surface area contributed by atoms with Crippen LogP contribution >= 0.6 is 11.6 Å². The van der Waals surface area contributed by atoms with Crippen molar-refractivity contribution in [2.24, 2.45) is 7.05 Å². The largest absolute Gasteiger partial charge is 0.389 e. The van der Waals surface area contributed by atoms with Crippen molar-refractivity contribution in [2.45, 2.75) is 18.6 Å². The second kappa shape index (κ2) is 5.63. The molecule has 0 spiro atoms. The van der Waals surface area contributed by atoms with E-state index in [1.54, 1.807) is 23.0 Å². The highest BCUT2D eigenvalue weighted by Crippen LogP contribution is 2.25. The molecular weight excluding hydrogens is 294 g/mol. The topological polar surface area (TPSA) is 76.4 Å². The van der Waals surface area contributed by atoms with E-state index in [-0.39, 0.29) is 18.6 Å². The molecule has 0 unspecified atom stereocenters. The van der Waals surface area contributed by atoms with Crippen LogP contribution in [-0.4, -0.2) is 45.9 Å². The van der Waals surface area contributed by atoms with Crippen LogP contribution in [0.15, 0.2) is 18.5 Å². The van der Waals surface area contributed by atoms with Crippen LogP contribution in [0.2, 0.25) is 5.02 Å². The molecule has 0 bridgehead atoms. The number of ether oxygens (including phenoxy) is 1. The molecule has 1 aliphatic rings. The second-order valence-electron chi connectivity index (χ2n) is 5.15. The number of carbonyl (C=O) groups excluding carboxylic acids is 1. The van der Waals surface area contributed by atoms with Gasteiger partial charge in [0.15, 0.2) is 0 Å². The van der Waals surface area contributed by atoms with Crippen LogP contribution in [0.4, 0.5) is 0 Å². The molecule has 1 fully saturated rings. The third-order valence-electron chi connectivity index (χ3n) is 3.69. The van der Waals surface area contributed by atoms with Gasteiger partial charge < -0.3 is 19.7 Å². The molecule has 0 aromatic carbocycles. The van der Waals surface area contributed by atoms with Gasteiger partial charge in [0, 0.05) is 26.0 Å². The fourth-order valence-corrected chi connectivity index (χ4v) is 2.87. The average molecular weight is 310 g/mol. The minimum Gasteiger partial charge on any atom is -0.389 e.